The van der Waals surface area contributed by atoms with Crippen LogP contribution in [0.25, 0.3) is 0 Å². The van der Waals surface area contributed by atoms with Gasteiger partial charge < -0.3 is 10.1 Å². The molecule has 0 aliphatic heterocycles. The van der Waals surface area contributed by atoms with Gasteiger partial charge in [-0.25, -0.2) is 4.98 Å². The molecule has 4 heteroatoms. The summed E-state index contributed by atoms with van der Waals surface area (Å²) in [5.74, 6) is 2.15. The summed E-state index contributed by atoms with van der Waals surface area (Å²) in [6.07, 6.45) is 2.46. The van der Waals surface area contributed by atoms with Crippen molar-refractivity contribution in [3.8, 4) is 5.88 Å². The molecule has 0 radical (unpaired) electrons. The number of hydrogen-bond donors (Lipinski definition) is 1. The number of ether oxygens (including phenoxy) is 1. The third-order valence-electron chi connectivity index (χ3n) is 2.88. The van der Waals surface area contributed by atoms with E-state index in [0.717, 1.165) is 11.6 Å². The van der Waals surface area contributed by atoms with E-state index in [1.54, 1.807) is 0 Å². The lowest BCUT2D eigenvalue weighted by atomic mass is 10.3. The topological polar surface area (TPSA) is 47.0 Å². The smallest absolute Gasteiger partial charge is 0.226 e. The van der Waals surface area contributed by atoms with Crippen molar-refractivity contribution in [3.63, 3.8) is 0 Å². The first-order chi connectivity index (χ1) is 7.72. The van der Waals surface area contributed by atoms with Gasteiger partial charge in [-0.3, -0.25) is 0 Å². The van der Waals surface area contributed by atoms with Crippen LogP contribution >= 0.6 is 0 Å². The molecule has 0 bridgehead atoms. The van der Waals surface area contributed by atoms with Gasteiger partial charge in [0.1, 0.15) is 0 Å². The summed E-state index contributed by atoms with van der Waals surface area (Å²) in [6, 6.07) is 2.42. The number of aromatic nitrogens is 2. The molecule has 2 unspecified atom stereocenters. The lowest BCUT2D eigenvalue weighted by Gasteiger charge is -2.07. The van der Waals surface area contributed by atoms with Gasteiger partial charge in [-0.15, -0.1) is 0 Å². The van der Waals surface area contributed by atoms with Gasteiger partial charge >= 0.3 is 0 Å². The van der Waals surface area contributed by atoms with Crippen molar-refractivity contribution in [1.29, 1.82) is 0 Å². The number of anilines is 1. The van der Waals surface area contributed by atoms with E-state index in [-0.39, 0.29) is 0 Å². The van der Waals surface area contributed by atoms with Gasteiger partial charge in [0.15, 0.2) is 0 Å². The fourth-order valence-electron chi connectivity index (χ4n) is 1.87. The summed E-state index contributed by atoms with van der Waals surface area (Å²) in [5, 5.41) is 3.35. The maximum Gasteiger partial charge on any atom is 0.226 e. The highest BCUT2D eigenvalue weighted by molar-refractivity contribution is 5.33. The molecule has 2 atom stereocenters. The first-order valence-electron chi connectivity index (χ1n) is 5.98. The van der Waals surface area contributed by atoms with Gasteiger partial charge in [0, 0.05) is 17.8 Å². The van der Waals surface area contributed by atoms with Crippen molar-refractivity contribution in [3.05, 3.63) is 11.8 Å². The first kappa shape index (κ1) is 11.2. The Hall–Kier alpha value is -1.32. The molecule has 1 N–H and O–H groups in total. The molecule has 4 nitrogen and oxygen atoms in total. The normalized spacial score (nSPS) is 22.9. The van der Waals surface area contributed by atoms with Crippen LogP contribution in [0, 0.1) is 12.8 Å². The van der Waals surface area contributed by atoms with Crippen LogP contribution in [0.4, 0.5) is 5.95 Å². The van der Waals surface area contributed by atoms with Gasteiger partial charge in [0.05, 0.1) is 6.61 Å². The highest BCUT2D eigenvalue weighted by Gasteiger charge is 2.35. The Kier molecular flexibility index (Phi) is 3.27. The number of hydrogen-bond acceptors (Lipinski definition) is 4. The Morgan fingerprint density at radius 2 is 2.25 bits per heavy atom. The molecule has 1 aliphatic carbocycles. The number of rotatable bonds is 5. The lowest BCUT2D eigenvalue weighted by molar-refractivity contribution is 0.326. The van der Waals surface area contributed by atoms with E-state index in [1.165, 1.54) is 12.8 Å². The Balaban J connectivity index is 2.03. The molecule has 1 heterocycles. The van der Waals surface area contributed by atoms with Crippen LogP contribution in [0.1, 0.15) is 32.4 Å². The number of aryl methyl sites for hydroxylation is 1. The highest BCUT2D eigenvalue weighted by Crippen LogP contribution is 2.35. The largest absolute Gasteiger partial charge is 0.478 e. The maximum atomic E-state index is 5.39. The molecule has 1 fully saturated rings. The number of nitrogens with one attached hydrogen (secondary N) is 1. The summed E-state index contributed by atoms with van der Waals surface area (Å²) in [4.78, 5) is 8.69. The predicted octanol–water partition coefficient (Wildman–Crippen LogP) is 2.39. The molecule has 0 spiro atoms. The van der Waals surface area contributed by atoms with Gasteiger partial charge in [0.25, 0.3) is 0 Å². The van der Waals surface area contributed by atoms with Crippen molar-refractivity contribution < 1.29 is 4.74 Å². The van der Waals surface area contributed by atoms with E-state index in [1.807, 2.05) is 19.9 Å². The molecule has 0 amide bonds. The van der Waals surface area contributed by atoms with Gasteiger partial charge in [-0.2, -0.15) is 4.98 Å². The van der Waals surface area contributed by atoms with Crippen molar-refractivity contribution in [2.45, 2.75) is 39.7 Å². The summed E-state index contributed by atoms with van der Waals surface area (Å²) >= 11 is 0. The summed E-state index contributed by atoms with van der Waals surface area (Å²) in [5.41, 5.74) is 0.939. The Morgan fingerprint density at radius 1 is 1.44 bits per heavy atom. The van der Waals surface area contributed by atoms with E-state index in [2.05, 4.69) is 22.2 Å². The molecule has 1 saturated carbocycles. The average Bonchev–Trinajstić information content (AvgIpc) is 2.96. The van der Waals surface area contributed by atoms with E-state index in [9.17, 15) is 0 Å². The fourth-order valence-corrected chi connectivity index (χ4v) is 1.87. The summed E-state index contributed by atoms with van der Waals surface area (Å²) in [6.45, 7) is 6.77. The second-order valence-corrected chi connectivity index (χ2v) is 4.26. The minimum atomic E-state index is 0.557. The molecule has 0 saturated heterocycles. The molecule has 1 aromatic rings. The van der Waals surface area contributed by atoms with Crippen LogP contribution in [0.15, 0.2) is 6.07 Å². The van der Waals surface area contributed by atoms with E-state index in [0.29, 0.717) is 24.5 Å². The zero-order chi connectivity index (χ0) is 11.5. The molecule has 2 rings (SSSR count). The second kappa shape index (κ2) is 4.68. The predicted molar refractivity (Wildman–Crippen MR) is 63.7 cm³/mol. The minimum Gasteiger partial charge on any atom is -0.478 e. The maximum absolute atomic E-state index is 5.39. The van der Waals surface area contributed by atoms with E-state index in [4.69, 9.17) is 4.74 Å². The molecular formula is C12H19N3O. The SMILES string of the molecule is CCOc1cc(C)nc(NC2CC2CC)n1. The lowest BCUT2D eigenvalue weighted by Crippen LogP contribution is -2.09. The quantitative estimate of drug-likeness (QED) is 0.829. The Morgan fingerprint density at radius 3 is 2.88 bits per heavy atom. The van der Waals surface area contributed by atoms with Crippen LogP contribution in [0.3, 0.4) is 0 Å². The monoisotopic (exact) mass is 221 g/mol. The first-order valence-corrected chi connectivity index (χ1v) is 5.98. The molecular weight excluding hydrogens is 202 g/mol. The molecule has 1 aromatic heterocycles. The summed E-state index contributed by atoms with van der Waals surface area (Å²) < 4.78 is 5.39. The zero-order valence-corrected chi connectivity index (χ0v) is 10.2. The van der Waals surface area contributed by atoms with Crippen LogP contribution < -0.4 is 10.1 Å². The van der Waals surface area contributed by atoms with Crippen molar-refractivity contribution >= 4 is 5.95 Å². The van der Waals surface area contributed by atoms with E-state index >= 15 is 0 Å². The molecule has 16 heavy (non-hydrogen) atoms. The van der Waals surface area contributed by atoms with Crippen LogP contribution in [0.2, 0.25) is 0 Å². The fraction of sp³-hybridized carbons (Fsp3) is 0.667. The number of nitrogens with zero attached hydrogens (tertiary/aromatic N) is 2. The van der Waals surface area contributed by atoms with Crippen molar-refractivity contribution in [1.82, 2.24) is 9.97 Å². The Labute approximate surface area is 96.4 Å². The average molecular weight is 221 g/mol. The second-order valence-electron chi connectivity index (χ2n) is 4.26. The zero-order valence-electron chi connectivity index (χ0n) is 10.2. The molecule has 88 valence electrons. The molecule has 1 aliphatic rings. The van der Waals surface area contributed by atoms with Crippen molar-refractivity contribution in [2.75, 3.05) is 11.9 Å². The highest BCUT2D eigenvalue weighted by atomic mass is 16.5. The standard InChI is InChI=1S/C12H19N3O/c1-4-9-7-10(9)14-12-13-8(3)6-11(15-12)16-5-2/h6,9-10H,4-5,7H2,1-3H3,(H,13,14,15). The van der Waals surface area contributed by atoms with Crippen LogP contribution in [0.5, 0.6) is 5.88 Å². The summed E-state index contributed by atoms with van der Waals surface area (Å²) in [7, 11) is 0. The third kappa shape index (κ3) is 2.62. The van der Waals surface area contributed by atoms with Gasteiger partial charge in [-0.05, 0) is 26.2 Å². The van der Waals surface area contributed by atoms with Gasteiger partial charge in [-0.1, -0.05) is 13.3 Å². The molecule has 0 aromatic carbocycles. The van der Waals surface area contributed by atoms with Gasteiger partial charge in [0.2, 0.25) is 11.8 Å². The minimum absolute atomic E-state index is 0.557. The Bertz CT molecular complexity index is 367. The third-order valence-corrected chi connectivity index (χ3v) is 2.88. The van der Waals surface area contributed by atoms with Crippen molar-refractivity contribution in [2.24, 2.45) is 5.92 Å². The van der Waals surface area contributed by atoms with Crippen LogP contribution in [-0.2, 0) is 0 Å². The van der Waals surface area contributed by atoms with Crippen LogP contribution in [-0.4, -0.2) is 22.6 Å². The van der Waals surface area contributed by atoms with E-state index < -0.39 is 0 Å².